The van der Waals surface area contributed by atoms with Crippen molar-refractivity contribution in [1.82, 2.24) is 9.80 Å². The fraction of sp³-hybridized carbons (Fsp3) is 0.462. The quantitative estimate of drug-likeness (QED) is 0.650. The predicted octanol–water partition coefficient (Wildman–Crippen LogP) is 1.62. The Morgan fingerprint density at radius 3 is 2.44 bits per heavy atom. The van der Waals surface area contributed by atoms with Gasteiger partial charge in [-0.1, -0.05) is 0 Å². The molecule has 0 atom stereocenters. The number of carbonyl (C=O) groups is 1. The van der Waals surface area contributed by atoms with Crippen molar-refractivity contribution in [3.8, 4) is 0 Å². The first-order valence-electron chi connectivity index (χ1n) is 5.80. The molecule has 100 valence electrons. The van der Waals surface area contributed by atoms with Crippen LogP contribution in [0.25, 0.3) is 0 Å². The Balaban J connectivity index is 2.71. The molecule has 0 radical (unpaired) electrons. The molecule has 1 aromatic carbocycles. The summed E-state index contributed by atoms with van der Waals surface area (Å²) in [5, 5.41) is 0. The van der Waals surface area contributed by atoms with Crippen LogP contribution in [0.2, 0.25) is 0 Å². The zero-order valence-corrected chi connectivity index (χ0v) is 12.3. The van der Waals surface area contributed by atoms with Crippen molar-refractivity contribution in [3.63, 3.8) is 0 Å². The van der Waals surface area contributed by atoms with Crippen molar-refractivity contribution in [2.24, 2.45) is 0 Å². The van der Waals surface area contributed by atoms with E-state index in [0.717, 1.165) is 17.2 Å². The number of carbonyl (C=O) groups excluding carboxylic acids is 1. The largest absolute Gasteiger partial charge is 0.398 e. The zero-order valence-electron chi connectivity index (χ0n) is 11.4. The molecule has 0 aliphatic heterocycles. The van der Waals surface area contributed by atoms with E-state index in [1.165, 1.54) is 0 Å². The van der Waals surface area contributed by atoms with Crippen LogP contribution in [0.15, 0.2) is 23.1 Å². The molecule has 0 aliphatic rings. The highest BCUT2D eigenvalue weighted by Crippen LogP contribution is 2.26. The fourth-order valence-corrected chi connectivity index (χ4v) is 2.48. The summed E-state index contributed by atoms with van der Waals surface area (Å²) in [6, 6.07) is 5.50. The molecule has 0 fully saturated rings. The van der Waals surface area contributed by atoms with Gasteiger partial charge in [0.15, 0.2) is 0 Å². The minimum Gasteiger partial charge on any atom is -0.398 e. The SMILES string of the molecule is CN(C)CCSc1ccc(C(=O)N(C)C)cc1N. The second kappa shape index (κ2) is 6.66. The van der Waals surface area contributed by atoms with Crippen LogP contribution >= 0.6 is 11.8 Å². The molecule has 0 spiro atoms. The second-order valence-electron chi connectivity index (χ2n) is 4.60. The van der Waals surface area contributed by atoms with Gasteiger partial charge in [0.25, 0.3) is 5.91 Å². The van der Waals surface area contributed by atoms with Crippen LogP contribution in [0.5, 0.6) is 0 Å². The minimum atomic E-state index is -0.0217. The molecule has 0 heterocycles. The van der Waals surface area contributed by atoms with Gasteiger partial charge in [-0.05, 0) is 32.3 Å². The van der Waals surface area contributed by atoms with Gasteiger partial charge in [0.05, 0.1) is 0 Å². The molecule has 0 saturated carbocycles. The first-order valence-corrected chi connectivity index (χ1v) is 6.79. The van der Waals surface area contributed by atoms with Gasteiger partial charge < -0.3 is 15.5 Å². The molecule has 0 aromatic heterocycles. The van der Waals surface area contributed by atoms with Gasteiger partial charge >= 0.3 is 0 Å². The Hall–Kier alpha value is -1.20. The van der Waals surface area contributed by atoms with Crippen molar-refractivity contribution in [2.45, 2.75) is 4.90 Å². The highest BCUT2D eigenvalue weighted by Gasteiger charge is 2.10. The average Bonchev–Trinajstić information content (AvgIpc) is 2.29. The summed E-state index contributed by atoms with van der Waals surface area (Å²) >= 11 is 1.71. The summed E-state index contributed by atoms with van der Waals surface area (Å²) < 4.78 is 0. The van der Waals surface area contributed by atoms with Gasteiger partial charge in [-0.25, -0.2) is 0 Å². The van der Waals surface area contributed by atoms with Crippen LogP contribution in [-0.2, 0) is 0 Å². The van der Waals surface area contributed by atoms with Crippen LogP contribution in [-0.4, -0.2) is 56.2 Å². The number of nitrogen functional groups attached to an aromatic ring is 1. The number of nitrogens with two attached hydrogens (primary N) is 1. The molecule has 0 unspecified atom stereocenters. The number of thioether (sulfide) groups is 1. The Bertz CT molecular complexity index is 419. The van der Waals surface area contributed by atoms with E-state index >= 15 is 0 Å². The maximum Gasteiger partial charge on any atom is 0.253 e. The third-order valence-electron chi connectivity index (χ3n) is 2.46. The van der Waals surface area contributed by atoms with Gasteiger partial charge in [-0.3, -0.25) is 4.79 Å². The van der Waals surface area contributed by atoms with Gasteiger partial charge in [-0.15, -0.1) is 11.8 Å². The fourth-order valence-electron chi connectivity index (χ4n) is 1.41. The Kier molecular flexibility index (Phi) is 5.50. The maximum atomic E-state index is 11.8. The van der Waals surface area contributed by atoms with E-state index in [2.05, 4.69) is 4.90 Å². The van der Waals surface area contributed by atoms with Gasteiger partial charge in [0.1, 0.15) is 0 Å². The molecule has 0 saturated heterocycles. The number of rotatable bonds is 5. The Labute approximate surface area is 113 Å². The van der Waals surface area contributed by atoms with Crippen LogP contribution in [0.1, 0.15) is 10.4 Å². The van der Waals surface area contributed by atoms with Crippen molar-refractivity contribution >= 4 is 23.4 Å². The summed E-state index contributed by atoms with van der Waals surface area (Å²) in [4.78, 5) is 16.5. The average molecular weight is 267 g/mol. The van der Waals surface area contributed by atoms with E-state index in [4.69, 9.17) is 5.73 Å². The van der Waals surface area contributed by atoms with Crippen molar-refractivity contribution in [2.75, 3.05) is 46.2 Å². The smallest absolute Gasteiger partial charge is 0.253 e. The van der Waals surface area contributed by atoms with Crippen LogP contribution in [0.3, 0.4) is 0 Å². The van der Waals surface area contributed by atoms with Crippen LogP contribution < -0.4 is 5.73 Å². The first-order chi connectivity index (χ1) is 8.41. The molecule has 2 N–H and O–H groups in total. The molecule has 4 nitrogen and oxygen atoms in total. The number of nitrogens with zero attached hydrogens (tertiary/aromatic N) is 2. The molecule has 0 bridgehead atoms. The summed E-state index contributed by atoms with van der Waals surface area (Å²) in [7, 11) is 7.56. The molecular weight excluding hydrogens is 246 g/mol. The first kappa shape index (κ1) is 14.9. The van der Waals surface area contributed by atoms with Crippen molar-refractivity contribution in [3.05, 3.63) is 23.8 Å². The van der Waals surface area contributed by atoms with Crippen LogP contribution in [0.4, 0.5) is 5.69 Å². The van der Waals surface area contributed by atoms with E-state index in [1.54, 1.807) is 36.8 Å². The lowest BCUT2D eigenvalue weighted by atomic mass is 10.2. The molecule has 0 aliphatic carbocycles. The number of anilines is 1. The van der Waals surface area contributed by atoms with Gasteiger partial charge in [0.2, 0.25) is 0 Å². The normalized spacial score (nSPS) is 10.7. The Morgan fingerprint density at radius 1 is 1.28 bits per heavy atom. The van der Waals surface area contributed by atoms with E-state index in [0.29, 0.717) is 11.3 Å². The number of hydrogen-bond donors (Lipinski definition) is 1. The summed E-state index contributed by atoms with van der Waals surface area (Å²) in [5.74, 6) is 0.963. The maximum absolute atomic E-state index is 11.8. The number of hydrogen-bond acceptors (Lipinski definition) is 4. The van der Waals surface area contributed by atoms with Crippen molar-refractivity contribution in [1.29, 1.82) is 0 Å². The summed E-state index contributed by atoms with van der Waals surface area (Å²) in [6.07, 6.45) is 0. The van der Waals surface area contributed by atoms with E-state index in [9.17, 15) is 4.79 Å². The standard InChI is InChI=1S/C13H21N3OS/c1-15(2)7-8-18-12-6-5-10(9-11(12)14)13(17)16(3)4/h5-6,9H,7-8,14H2,1-4H3. The molecule has 5 heteroatoms. The monoisotopic (exact) mass is 267 g/mol. The van der Waals surface area contributed by atoms with Crippen LogP contribution in [0, 0.1) is 0 Å². The number of benzene rings is 1. The third-order valence-corrected chi connectivity index (χ3v) is 3.53. The lowest BCUT2D eigenvalue weighted by Gasteiger charge is -2.13. The molecule has 1 amide bonds. The third kappa shape index (κ3) is 4.23. The highest BCUT2D eigenvalue weighted by atomic mass is 32.2. The zero-order chi connectivity index (χ0) is 13.7. The van der Waals surface area contributed by atoms with Gasteiger partial charge in [-0.2, -0.15) is 0 Å². The summed E-state index contributed by atoms with van der Waals surface area (Å²) in [5.41, 5.74) is 7.28. The molecule has 18 heavy (non-hydrogen) atoms. The molecule has 1 aromatic rings. The van der Waals surface area contributed by atoms with E-state index in [-0.39, 0.29) is 5.91 Å². The topological polar surface area (TPSA) is 49.6 Å². The molecular formula is C13H21N3OS. The summed E-state index contributed by atoms with van der Waals surface area (Å²) in [6.45, 7) is 1.00. The second-order valence-corrected chi connectivity index (χ2v) is 5.74. The minimum absolute atomic E-state index is 0.0217. The predicted molar refractivity (Wildman–Crippen MR) is 78.1 cm³/mol. The van der Waals surface area contributed by atoms with E-state index in [1.807, 2.05) is 26.2 Å². The Morgan fingerprint density at radius 2 is 1.94 bits per heavy atom. The van der Waals surface area contributed by atoms with Crippen molar-refractivity contribution < 1.29 is 4.79 Å². The molecule has 1 rings (SSSR count). The lowest BCUT2D eigenvalue weighted by molar-refractivity contribution is 0.0827. The van der Waals surface area contributed by atoms with Gasteiger partial charge in [0, 0.05) is 42.5 Å². The number of amides is 1. The van der Waals surface area contributed by atoms with E-state index < -0.39 is 0 Å². The highest BCUT2D eigenvalue weighted by molar-refractivity contribution is 7.99. The lowest BCUT2D eigenvalue weighted by Crippen LogP contribution is -2.21.